The average molecular weight is 277 g/mol. The van der Waals surface area contributed by atoms with Crippen LogP contribution >= 0.6 is 24.0 Å². The third-order valence-electron chi connectivity index (χ3n) is 2.66. The van der Waals surface area contributed by atoms with E-state index in [4.69, 9.17) is 12.2 Å². The molecule has 1 aliphatic rings. The van der Waals surface area contributed by atoms with Crippen LogP contribution in [-0.2, 0) is 4.79 Å². The number of rotatable bonds is 3. The number of thiocarbonyl (C=S) groups is 1. The SMILES string of the molecule is CCCN1C(=O)/C(=C/c2cccc(C)c2)SC1=S. The van der Waals surface area contributed by atoms with E-state index >= 15 is 0 Å². The van der Waals surface area contributed by atoms with Crippen molar-refractivity contribution < 1.29 is 4.79 Å². The number of carbonyl (C=O) groups is 1. The molecule has 1 aliphatic heterocycles. The summed E-state index contributed by atoms with van der Waals surface area (Å²) in [6, 6.07) is 8.10. The van der Waals surface area contributed by atoms with Crippen molar-refractivity contribution in [1.29, 1.82) is 0 Å². The highest BCUT2D eigenvalue weighted by Crippen LogP contribution is 2.32. The highest BCUT2D eigenvalue weighted by molar-refractivity contribution is 8.26. The summed E-state index contributed by atoms with van der Waals surface area (Å²) in [5.74, 6) is 0.0355. The number of thioether (sulfide) groups is 1. The summed E-state index contributed by atoms with van der Waals surface area (Å²) in [6.07, 6.45) is 2.84. The van der Waals surface area contributed by atoms with Crippen LogP contribution in [-0.4, -0.2) is 21.7 Å². The third-order valence-corrected chi connectivity index (χ3v) is 4.04. The molecule has 1 fully saturated rings. The van der Waals surface area contributed by atoms with Gasteiger partial charge in [-0.25, -0.2) is 0 Å². The lowest BCUT2D eigenvalue weighted by atomic mass is 10.1. The summed E-state index contributed by atoms with van der Waals surface area (Å²) in [5.41, 5.74) is 2.24. The van der Waals surface area contributed by atoms with E-state index in [1.165, 1.54) is 17.3 Å². The van der Waals surface area contributed by atoms with Crippen molar-refractivity contribution in [2.24, 2.45) is 0 Å². The third kappa shape index (κ3) is 2.82. The van der Waals surface area contributed by atoms with Gasteiger partial charge < -0.3 is 0 Å². The van der Waals surface area contributed by atoms with Gasteiger partial charge in [0.2, 0.25) is 0 Å². The number of hydrogen-bond acceptors (Lipinski definition) is 3. The minimum atomic E-state index is 0.0355. The maximum atomic E-state index is 12.1. The number of carbonyl (C=O) groups excluding carboxylic acids is 1. The molecule has 0 atom stereocenters. The van der Waals surface area contributed by atoms with E-state index in [-0.39, 0.29) is 5.91 Å². The lowest BCUT2D eigenvalue weighted by molar-refractivity contribution is -0.122. The Kier molecular flexibility index (Phi) is 4.19. The first-order valence-corrected chi connectivity index (χ1v) is 7.16. The van der Waals surface area contributed by atoms with Crippen molar-refractivity contribution in [1.82, 2.24) is 4.90 Å². The molecule has 0 unspecified atom stereocenters. The average Bonchev–Trinajstić information content (AvgIpc) is 2.57. The van der Waals surface area contributed by atoms with Gasteiger partial charge in [0.15, 0.2) is 0 Å². The first kappa shape index (κ1) is 13.3. The number of benzene rings is 1. The van der Waals surface area contributed by atoms with Crippen LogP contribution in [0.15, 0.2) is 29.2 Å². The fraction of sp³-hybridized carbons (Fsp3) is 0.286. The number of hydrogen-bond donors (Lipinski definition) is 0. The Bertz CT molecular complexity index is 522. The highest BCUT2D eigenvalue weighted by Gasteiger charge is 2.30. The van der Waals surface area contributed by atoms with E-state index in [0.717, 1.165) is 16.9 Å². The topological polar surface area (TPSA) is 20.3 Å². The van der Waals surface area contributed by atoms with Gasteiger partial charge in [-0.2, -0.15) is 0 Å². The van der Waals surface area contributed by atoms with Crippen LogP contribution in [0.1, 0.15) is 24.5 Å². The molecule has 0 N–H and O–H groups in total. The van der Waals surface area contributed by atoms with Crippen molar-refractivity contribution in [3.05, 3.63) is 40.3 Å². The molecular formula is C14H15NOS2. The number of aryl methyl sites for hydroxylation is 1. The second-order valence-electron chi connectivity index (χ2n) is 4.25. The summed E-state index contributed by atoms with van der Waals surface area (Å²) in [5, 5.41) is 0. The van der Waals surface area contributed by atoms with Crippen LogP contribution in [0.3, 0.4) is 0 Å². The molecule has 1 saturated heterocycles. The molecule has 0 radical (unpaired) electrons. The van der Waals surface area contributed by atoms with Crippen LogP contribution in [0.25, 0.3) is 6.08 Å². The Morgan fingerprint density at radius 3 is 2.89 bits per heavy atom. The summed E-state index contributed by atoms with van der Waals surface area (Å²) in [6.45, 7) is 4.79. The Morgan fingerprint density at radius 2 is 2.22 bits per heavy atom. The summed E-state index contributed by atoms with van der Waals surface area (Å²) < 4.78 is 0.667. The van der Waals surface area contributed by atoms with E-state index in [9.17, 15) is 4.79 Å². The predicted octanol–water partition coefficient (Wildman–Crippen LogP) is 3.61. The Balaban J connectivity index is 2.25. The van der Waals surface area contributed by atoms with Gasteiger partial charge in [0.05, 0.1) is 4.91 Å². The van der Waals surface area contributed by atoms with Crippen LogP contribution in [0.4, 0.5) is 0 Å². The molecule has 0 aliphatic carbocycles. The zero-order chi connectivity index (χ0) is 13.1. The molecule has 2 nitrogen and oxygen atoms in total. The fourth-order valence-electron chi connectivity index (χ4n) is 1.83. The molecule has 0 spiro atoms. The number of amides is 1. The molecule has 0 aromatic heterocycles. The standard InChI is InChI=1S/C14H15NOS2/c1-3-7-15-13(16)12(18-14(15)17)9-11-6-4-5-10(2)8-11/h4-6,8-9H,3,7H2,1-2H3/b12-9-. The van der Waals surface area contributed by atoms with Gasteiger partial charge in [-0.3, -0.25) is 9.69 Å². The van der Waals surface area contributed by atoms with Gasteiger partial charge in [0.1, 0.15) is 4.32 Å². The second kappa shape index (κ2) is 5.67. The maximum absolute atomic E-state index is 12.1. The predicted molar refractivity (Wildman–Crippen MR) is 81.3 cm³/mol. The van der Waals surface area contributed by atoms with Crippen LogP contribution in [0.5, 0.6) is 0 Å². The summed E-state index contributed by atoms with van der Waals surface area (Å²) in [4.78, 5) is 14.5. The Morgan fingerprint density at radius 1 is 1.44 bits per heavy atom. The first-order valence-electron chi connectivity index (χ1n) is 5.94. The number of nitrogens with zero attached hydrogens (tertiary/aromatic N) is 1. The molecule has 0 bridgehead atoms. The van der Waals surface area contributed by atoms with E-state index in [2.05, 4.69) is 6.07 Å². The van der Waals surface area contributed by atoms with Gasteiger partial charge in [-0.15, -0.1) is 0 Å². The maximum Gasteiger partial charge on any atom is 0.266 e. The smallest absolute Gasteiger partial charge is 0.266 e. The zero-order valence-electron chi connectivity index (χ0n) is 10.5. The van der Waals surface area contributed by atoms with Gasteiger partial charge >= 0.3 is 0 Å². The first-order chi connectivity index (χ1) is 8.61. The molecule has 1 heterocycles. The van der Waals surface area contributed by atoms with Gasteiger partial charge in [-0.05, 0) is 25.0 Å². The monoisotopic (exact) mass is 277 g/mol. The molecule has 1 amide bonds. The lowest BCUT2D eigenvalue weighted by Gasteiger charge is -2.11. The zero-order valence-corrected chi connectivity index (χ0v) is 12.1. The van der Waals surface area contributed by atoms with Crippen LogP contribution in [0, 0.1) is 6.92 Å². The largest absolute Gasteiger partial charge is 0.293 e. The fourth-order valence-corrected chi connectivity index (χ4v) is 3.14. The van der Waals surface area contributed by atoms with E-state index in [1.807, 2.05) is 38.1 Å². The van der Waals surface area contributed by atoms with Crippen molar-refractivity contribution in [3.8, 4) is 0 Å². The van der Waals surface area contributed by atoms with E-state index in [1.54, 1.807) is 4.90 Å². The van der Waals surface area contributed by atoms with Crippen LogP contribution in [0.2, 0.25) is 0 Å². The molecule has 2 rings (SSSR count). The molecule has 1 aromatic carbocycles. The minimum Gasteiger partial charge on any atom is -0.293 e. The van der Waals surface area contributed by atoms with Crippen molar-refractivity contribution in [2.45, 2.75) is 20.3 Å². The molecule has 1 aromatic rings. The highest BCUT2D eigenvalue weighted by atomic mass is 32.2. The molecule has 4 heteroatoms. The van der Waals surface area contributed by atoms with Crippen molar-refractivity contribution in [3.63, 3.8) is 0 Å². The Labute approximate surface area is 117 Å². The lowest BCUT2D eigenvalue weighted by Crippen LogP contribution is -2.28. The Hall–Kier alpha value is -1.13. The normalized spacial score (nSPS) is 17.9. The van der Waals surface area contributed by atoms with E-state index < -0.39 is 0 Å². The summed E-state index contributed by atoms with van der Waals surface area (Å²) >= 11 is 6.62. The second-order valence-corrected chi connectivity index (χ2v) is 5.92. The van der Waals surface area contributed by atoms with Crippen molar-refractivity contribution >= 4 is 40.3 Å². The molecule has 18 heavy (non-hydrogen) atoms. The van der Waals surface area contributed by atoms with Gasteiger partial charge in [0.25, 0.3) is 5.91 Å². The minimum absolute atomic E-state index is 0.0355. The molecule has 94 valence electrons. The van der Waals surface area contributed by atoms with Gasteiger partial charge in [-0.1, -0.05) is 60.7 Å². The molecule has 0 saturated carbocycles. The van der Waals surface area contributed by atoms with Crippen molar-refractivity contribution in [2.75, 3.05) is 6.54 Å². The summed E-state index contributed by atoms with van der Waals surface area (Å²) in [7, 11) is 0. The van der Waals surface area contributed by atoms with Gasteiger partial charge in [0, 0.05) is 6.54 Å². The quantitative estimate of drug-likeness (QED) is 0.622. The van der Waals surface area contributed by atoms with E-state index in [0.29, 0.717) is 10.9 Å². The molecular weight excluding hydrogens is 262 g/mol. The van der Waals surface area contributed by atoms with Crippen LogP contribution < -0.4 is 0 Å².